The van der Waals surface area contributed by atoms with E-state index < -0.39 is 17.8 Å². The highest BCUT2D eigenvalue weighted by molar-refractivity contribution is 5.91. The van der Waals surface area contributed by atoms with Crippen LogP contribution in [0.25, 0.3) is 11.0 Å². The molecule has 2 heterocycles. The molecule has 5 nitrogen and oxygen atoms in total. The molecule has 0 bridgehead atoms. The van der Waals surface area contributed by atoms with Crippen LogP contribution in [0.15, 0.2) is 48.5 Å². The predicted molar refractivity (Wildman–Crippen MR) is 90.9 cm³/mol. The van der Waals surface area contributed by atoms with Gasteiger partial charge in [0.15, 0.2) is 0 Å². The third kappa shape index (κ3) is 2.98. The first-order valence-electron chi connectivity index (χ1n) is 8.08. The van der Waals surface area contributed by atoms with Crippen LogP contribution in [0.2, 0.25) is 0 Å². The molecule has 1 fully saturated rings. The Hall–Kier alpha value is -3.03. The number of H-pyrrole nitrogens is 1. The highest BCUT2D eigenvalue weighted by atomic mass is 19.4. The number of halogens is 3. The number of rotatable bonds is 2. The highest BCUT2D eigenvalue weighted by Gasteiger charge is 2.36. The fourth-order valence-corrected chi connectivity index (χ4v) is 3.02. The maximum atomic E-state index is 13.0. The van der Waals surface area contributed by atoms with Crippen molar-refractivity contribution in [3.05, 3.63) is 59.9 Å². The van der Waals surface area contributed by atoms with Gasteiger partial charge in [-0.1, -0.05) is 24.3 Å². The number of aromatic amines is 1. The third-order valence-corrected chi connectivity index (χ3v) is 4.44. The van der Waals surface area contributed by atoms with Gasteiger partial charge in [0.2, 0.25) is 0 Å². The van der Waals surface area contributed by atoms with Gasteiger partial charge in [-0.05, 0) is 24.3 Å². The Morgan fingerprint density at radius 3 is 2.54 bits per heavy atom. The molecule has 26 heavy (non-hydrogen) atoms. The summed E-state index contributed by atoms with van der Waals surface area (Å²) < 4.78 is 39.0. The first-order chi connectivity index (χ1) is 12.4. The number of benzene rings is 2. The van der Waals surface area contributed by atoms with Crippen molar-refractivity contribution in [1.82, 2.24) is 14.9 Å². The number of fused-ring (bicyclic) bond motifs is 1. The van der Waals surface area contributed by atoms with Crippen LogP contribution in [0.3, 0.4) is 0 Å². The van der Waals surface area contributed by atoms with Crippen molar-refractivity contribution in [1.29, 1.82) is 0 Å². The maximum absolute atomic E-state index is 13.0. The second-order valence-electron chi connectivity index (χ2n) is 6.21. The Kier molecular flexibility index (Phi) is 3.82. The van der Waals surface area contributed by atoms with Crippen LogP contribution >= 0.6 is 0 Å². The number of hydrogen-bond donors (Lipinski definition) is 2. The van der Waals surface area contributed by atoms with E-state index in [-0.39, 0.29) is 11.6 Å². The van der Waals surface area contributed by atoms with Crippen LogP contribution in [-0.4, -0.2) is 34.0 Å². The van der Waals surface area contributed by atoms with Crippen LogP contribution in [0.4, 0.5) is 23.7 Å². The van der Waals surface area contributed by atoms with Crippen molar-refractivity contribution < 1.29 is 18.0 Å². The molecule has 2 amide bonds. The summed E-state index contributed by atoms with van der Waals surface area (Å²) >= 11 is 0. The maximum Gasteiger partial charge on any atom is 0.418 e. The average molecular weight is 360 g/mol. The van der Waals surface area contributed by atoms with Gasteiger partial charge in [0.1, 0.15) is 5.82 Å². The zero-order valence-corrected chi connectivity index (χ0v) is 13.5. The fraction of sp³-hybridized carbons (Fsp3) is 0.222. The Balaban J connectivity index is 1.42. The molecule has 1 aliphatic heterocycles. The van der Waals surface area contributed by atoms with Gasteiger partial charge in [0, 0.05) is 13.1 Å². The van der Waals surface area contributed by atoms with Crippen LogP contribution < -0.4 is 5.32 Å². The normalized spacial score (nSPS) is 15.1. The summed E-state index contributed by atoms with van der Waals surface area (Å²) in [5, 5.41) is 2.35. The first-order valence-corrected chi connectivity index (χ1v) is 8.08. The molecule has 0 saturated carbocycles. The summed E-state index contributed by atoms with van der Waals surface area (Å²) in [4.78, 5) is 21.4. The van der Waals surface area contributed by atoms with Crippen LogP contribution in [0, 0.1) is 0 Å². The zero-order chi connectivity index (χ0) is 18.3. The summed E-state index contributed by atoms with van der Waals surface area (Å²) in [6.45, 7) is 0.805. The molecule has 0 radical (unpaired) electrons. The summed E-state index contributed by atoms with van der Waals surface area (Å²) in [5.41, 5.74) is 0.675. The molecule has 1 saturated heterocycles. The van der Waals surface area contributed by atoms with Crippen molar-refractivity contribution in [2.24, 2.45) is 0 Å². The van der Waals surface area contributed by atoms with Crippen LogP contribution in [0.5, 0.6) is 0 Å². The number of likely N-dealkylation sites (tertiary alicyclic amines) is 1. The van der Waals surface area contributed by atoms with E-state index in [0.29, 0.717) is 13.1 Å². The Bertz CT molecular complexity index is 927. The standard InChI is InChI=1S/C18H15F3N4O/c19-18(20,21)12-5-1-2-6-13(12)24-17(26)25-9-11(10-25)16-22-14-7-3-4-8-15(14)23-16/h1-8,11H,9-10H2,(H,22,23)(H,24,26). The first kappa shape index (κ1) is 16.4. The monoisotopic (exact) mass is 360 g/mol. The lowest BCUT2D eigenvalue weighted by atomic mass is 10.00. The van der Waals surface area contributed by atoms with Crippen molar-refractivity contribution in [3.8, 4) is 0 Å². The lowest BCUT2D eigenvalue weighted by Gasteiger charge is -2.38. The molecule has 2 N–H and O–H groups in total. The number of amides is 2. The number of para-hydroxylation sites is 3. The minimum atomic E-state index is -4.52. The fourth-order valence-electron chi connectivity index (χ4n) is 3.02. The smallest absolute Gasteiger partial charge is 0.342 e. The molecule has 2 aromatic carbocycles. The number of nitrogens with zero attached hydrogens (tertiary/aromatic N) is 2. The van der Waals surface area contributed by atoms with E-state index in [4.69, 9.17) is 0 Å². The van der Waals surface area contributed by atoms with Crippen LogP contribution in [-0.2, 0) is 6.18 Å². The molecule has 8 heteroatoms. The molecule has 1 aromatic heterocycles. The molecular weight excluding hydrogens is 345 g/mol. The summed E-state index contributed by atoms with van der Waals surface area (Å²) in [6, 6.07) is 12.0. The minimum Gasteiger partial charge on any atom is -0.342 e. The number of carbonyl (C=O) groups is 1. The van der Waals surface area contributed by atoms with E-state index in [1.165, 1.54) is 23.1 Å². The molecule has 0 spiro atoms. The number of anilines is 1. The lowest BCUT2D eigenvalue weighted by Crippen LogP contribution is -2.50. The highest BCUT2D eigenvalue weighted by Crippen LogP contribution is 2.35. The van der Waals surface area contributed by atoms with Crippen molar-refractivity contribution >= 4 is 22.8 Å². The zero-order valence-electron chi connectivity index (χ0n) is 13.5. The predicted octanol–water partition coefficient (Wildman–Crippen LogP) is 4.21. The van der Waals surface area contributed by atoms with Gasteiger partial charge in [0.05, 0.1) is 28.2 Å². The topological polar surface area (TPSA) is 61.0 Å². The SMILES string of the molecule is O=C(Nc1ccccc1C(F)(F)F)N1CC(c2nc3ccccc3[nH]2)C1. The second kappa shape index (κ2) is 6.05. The van der Waals surface area contributed by atoms with Gasteiger partial charge in [-0.15, -0.1) is 0 Å². The van der Waals surface area contributed by atoms with Gasteiger partial charge >= 0.3 is 12.2 Å². The number of urea groups is 1. The van der Waals surface area contributed by atoms with Crippen molar-refractivity contribution in [2.75, 3.05) is 18.4 Å². The molecule has 0 atom stereocenters. The Morgan fingerprint density at radius 2 is 1.81 bits per heavy atom. The molecule has 134 valence electrons. The van der Waals surface area contributed by atoms with Gasteiger partial charge in [-0.25, -0.2) is 9.78 Å². The van der Waals surface area contributed by atoms with Crippen molar-refractivity contribution in [2.45, 2.75) is 12.1 Å². The number of alkyl halides is 3. The Morgan fingerprint density at radius 1 is 1.12 bits per heavy atom. The molecule has 1 aliphatic rings. The van der Waals surface area contributed by atoms with Gasteiger partial charge in [-0.2, -0.15) is 13.2 Å². The molecule has 4 rings (SSSR count). The molecule has 3 aromatic rings. The summed E-state index contributed by atoms with van der Waals surface area (Å²) in [7, 11) is 0. The number of aromatic nitrogens is 2. The van der Waals surface area contributed by atoms with Gasteiger partial charge in [0.25, 0.3) is 0 Å². The second-order valence-corrected chi connectivity index (χ2v) is 6.21. The summed E-state index contributed by atoms with van der Waals surface area (Å²) in [5.74, 6) is 0.831. The average Bonchev–Trinajstić information content (AvgIpc) is 2.96. The van der Waals surface area contributed by atoms with Gasteiger partial charge < -0.3 is 15.2 Å². The molecular formula is C18H15F3N4O. The largest absolute Gasteiger partial charge is 0.418 e. The van der Waals surface area contributed by atoms with E-state index in [1.807, 2.05) is 24.3 Å². The van der Waals surface area contributed by atoms with Crippen LogP contribution in [0.1, 0.15) is 17.3 Å². The lowest BCUT2D eigenvalue weighted by molar-refractivity contribution is -0.136. The summed E-state index contributed by atoms with van der Waals surface area (Å²) in [6.07, 6.45) is -4.52. The number of carbonyl (C=O) groups excluding carboxylic acids is 1. The van der Waals surface area contributed by atoms with E-state index in [2.05, 4.69) is 15.3 Å². The van der Waals surface area contributed by atoms with E-state index >= 15 is 0 Å². The third-order valence-electron chi connectivity index (χ3n) is 4.44. The quantitative estimate of drug-likeness (QED) is 0.719. The van der Waals surface area contributed by atoms with Gasteiger partial charge in [-0.3, -0.25) is 0 Å². The van der Waals surface area contributed by atoms with E-state index in [0.717, 1.165) is 22.9 Å². The Labute approximate surface area is 146 Å². The number of imidazole rings is 1. The number of nitrogens with one attached hydrogen (secondary N) is 2. The van der Waals surface area contributed by atoms with Crippen molar-refractivity contribution in [3.63, 3.8) is 0 Å². The van der Waals surface area contributed by atoms with E-state index in [1.54, 1.807) is 0 Å². The van der Waals surface area contributed by atoms with E-state index in [9.17, 15) is 18.0 Å². The molecule has 0 unspecified atom stereocenters. The molecule has 0 aliphatic carbocycles. The minimum absolute atomic E-state index is 0.0472. The number of hydrogen-bond acceptors (Lipinski definition) is 2.